The molecule has 0 radical (unpaired) electrons. The van der Waals surface area contributed by atoms with Crippen LogP contribution in [0.5, 0.6) is 0 Å². The van der Waals surface area contributed by atoms with Crippen molar-refractivity contribution in [3.63, 3.8) is 0 Å². The van der Waals surface area contributed by atoms with Crippen LogP contribution in [-0.2, 0) is 23.8 Å². The number of esters is 2. The summed E-state index contributed by atoms with van der Waals surface area (Å²) in [5.41, 5.74) is 0. The highest BCUT2D eigenvalue weighted by molar-refractivity contribution is 5.66. The van der Waals surface area contributed by atoms with Gasteiger partial charge in [-0.1, -0.05) is 6.92 Å². The molecule has 0 spiro atoms. The third-order valence-electron chi connectivity index (χ3n) is 2.74. The van der Waals surface area contributed by atoms with Crippen LogP contribution in [0.25, 0.3) is 0 Å². The molecule has 1 saturated heterocycles. The van der Waals surface area contributed by atoms with Crippen LogP contribution in [0.15, 0.2) is 0 Å². The zero-order chi connectivity index (χ0) is 13.9. The average molecular weight is 262 g/mol. The van der Waals surface area contributed by atoms with Gasteiger partial charge in [-0.25, -0.2) is 0 Å². The number of rotatable bonds is 3. The number of ether oxygens (including phenoxy) is 3. The molecule has 104 valence electrons. The van der Waals surface area contributed by atoms with Crippen LogP contribution >= 0.6 is 0 Å². The second-order valence-corrected chi connectivity index (χ2v) is 4.30. The van der Waals surface area contributed by atoms with E-state index in [1.54, 1.807) is 6.92 Å². The van der Waals surface area contributed by atoms with E-state index in [1.807, 2.05) is 0 Å². The van der Waals surface area contributed by atoms with Crippen LogP contribution in [0.2, 0.25) is 0 Å². The van der Waals surface area contributed by atoms with Gasteiger partial charge in [-0.15, -0.1) is 0 Å². The molecule has 0 aromatic heterocycles. The van der Waals surface area contributed by atoms with Crippen molar-refractivity contribution in [1.29, 1.82) is 0 Å². The second kappa shape index (κ2) is 6.12. The molecule has 0 aromatic carbocycles. The van der Waals surface area contributed by atoms with E-state index in [0.29, 0.717) is 0 Å². The number of hydrogen-bond acceptors (Lipinski definition) is 7. The van der Waals surface area contributed by atoms with Crippen LogP contribution < -0.4 is 0 Å². The smallest absolute Gasteiger partial charge is 0.304 e. The largest absolute Gasteiger partial charge is 0.463 e. The lowest BCUT2D eigenvalue weighted by atomic mass is 9.92. The summed E-state index contributed by atoms with van der Waals surface area (Å²) in [6.07, 6.45) is -4.22. The Kier molecular flexibility index (Phi) is 5.06. The Labute approximate surface area is 105 Å². The minimum absolute atomic E-state index is 0.210. The first kappa shape index (κ1) is 14.9. The van der Waals surface area contributed by atoms with E-state index < -0.39 is 42.5 Å². The molecule has 7 heteroatoms. The molecule has 1 rings (SSSR count). The standard InChI is InChI=1S/C11H18O7/c1-5-9(14)10(15)8(4-16-6(2)12)18-11(5)17-7(3)13/h5,8-11,14-15H,4H2,1-3H3/t5-,8?,9?,10-,11?/m0/s1. The summed E-state index contributed by atoms with van der Waals surface area (Å²) in [7, 11) is 0. The molecule has 1 fully saturated rings. The summed E-state index contributed by atoms with van der Waals surface area (Å²) in [5.74, 6) is -1.65. The summed E-state index contributed by atoms with van der Waals surface area (Å²) in [6.45, 7) is 3.81. The number of aliphatic hydroxyl groups excluding tert-OH is 2. The van der Waals surface area contributed by atoms with E-state index in [2.05, 4.69) is 0 Å². The lowest BCUT2D eigenvalue weighted by Crippen LogP contribution is -2.56. The van der Waals surface area contributed by atoms with Gasteiger partial charge in [-0.3, -0.25) is 9.59 Å². The maximum Gasteiger partial charge on any atom is 0.304 e. The molecule has 1 aliphatic heterocycles. The molecule has 0 bridgehead atoms. The normalized spacial score (nSPS) is 35.9. The van der Waals surface area contributed by atoms with Crippen LogP contribution in [0.4, 0.5) is 0 Å². The summed E-state index contributed by atoms with van der Waals surface area (Å²) in [4.78, 5) is 21.6. The van der Waals surface area contributed by atoms with Gasteiger partial charge < -0.3 is 24.4 Å². The van der Waals surface area contributed by atoms with Gasteiger partial charge in [0.15, 0.2) is 0 Å². The van der Waals surface area contributed by atoms with E-state index in [-0.39, 0.29) is 6.61 Å². The molecule has 1 aliphatic rings. The molecule has 0 saturated carbocycles. The van der Waals surface area contributed by atoms with Gasteiger partial charge in [0.1, 0.15) is 18.8 Å². The van der Waals surface area contributed by atoms with E-state index in [1.165, 1.54) is 13.8 Å². The van der Waals surface area contributed by atoms with Crippen molar-refractivity contribution < 1.29 is 34.0 Å². The summed E-state index contributed by atoms with van der Waals surface area (Å²) in [5, 5.41) is 19.6. The van der Waals surface area contributed by atoms with E-state index in [4.69, 9.17) is 14.2 Å². The molecule has 3 unspecified atom stereocenters. The first-order chi connectivity index (χ1) is 8.32. The van der Waals surface area contributed by atoms with Crippen molar-refractivity contribution in [2.75, 3.05) is 6.61 Å². The lowest BCUT2D eigenvalue weighted by Gasteiger charge is -2.40. The van der Waals surface area contributed by atoms with E-state index in [9.17, 15) is 19.8 Å². The van der Waals surface area contributed by atoms with E-state index in [0.717, 1.165) is 0 Å². The molecule has 18 heavy (non-hydrogen) atoms. The topological polar surface area (TPSA) is 102 Å². The van der Waals surface area contributed by atoms with Crippen molar-refractivity contribution in [3.05, 3.63) is 0 Å². The molecule has 5 atom stereocenters. The van der Waals surface area contributed by atoms with Crippen LogP contribution in [0.1, 0.15) is 20.8 Å². The van der Waals surface area contributed by atoms with Crippen molar-refractivity contribution >= 4 is 11.9 Å². The molecular formula is C11H18O7. The molecular weight excluding hydrogens is 244 g/mol. The van der Waals surface area contributed by atoms with Crippen LogP contribution in [-0.4, -0.2) is 53.4 Å². The summed E-state index contributed by atoms with van der Waals surface area (Å²) >= 11 is 0. The van der Waals surface area contributed by atoms with Crippen molar-refractivity contribution in [1.82, 2.24) is 0 Å². The Morgan fingerprint density at radius 2 is 1.78 bits per heavy atom. The van der Waals surface area contributed by atoms with Gasteiger partial charge in [0, 0.05) is 19.8 Å². The van der Waals surface area contributed by atoms with Gasteiger partial charge in [0.25, 0.3) is 0 Å². The van der Waals surface area contributed by atoms with Crippen molar-refractivity contribution in [2.45, 2.75) is 45.4 Å². The molecule has 0 amide bonds. The van der Waals surface area contributed by atoms with Crippen molar-refractivity contribution in [2.24, 2.45) is 5.92 Å². The van der Waals surface area contributed by atoms with Gasteiger partial charge in [-0.05, 0) is 0 Å². The van der Waals surface area contributed by atoms with Gasteiger partial charge >= 0.3 is 11.9 Å². The number of carbonyl (C=O) groups is 2. The number of hydrogen-bond donors (Lipinski definition) is 2. The SMILES string of the molecule is CC(=O)OCC1OC(OC(C)=O)[C@@H](C)C(O)[C@H]1O. The monoisotopic (exact) mass is 262 g/mol. The third kappa shape index (κ3) is 3.66. The minimum atomic E-state index is -1.20. The van der Waals surface area contributed by atoms with Crippen molar-refractivity contribution in [3.8, 4) is 0 Å². The maximum atomic E-state index is 10.9. The second-order valence-electron chi connectivity index (χ2n) is 4.30. The Hall–Kier alpha value is -1.18. The highest BCUT2D eigenvalue weighted by Gasteiger charge is 2.44. The Bertz CT molecular complexity index is 315. The minimum Gasteiger partial charge on any atom is -0.463 e. The van der Waals surface area contributed by atoms with Gasteiger partial charge in [-0.2, -0.15) is 0 Å². The highest BCUT2D eigenvalue weighted by Crippen LogP contribution is 2.27. The predicted octanol–water partition coefficient (Wildman–Crippen LogP) is -0.805. The first-order valence-electron chi connectivity index (χ1n) is 5.65. The Morgan fingerprint density at radius 1 is 1.17 bits per heavy atom. The molecule has 2 N–H and O–H groups in total. The Balaban J connectivity index is 2.67. The summed E-state index contributed by atoms with van der Waals surface area (Å²) in [6, 6.07) is 0. The fraction of sp³-hybridized carbons (Fsp3) is 0.818. The fourth-order valence-electron chi connectivity index (χ4n) is 1.70. The molecule has 0 aliphatic carbocycles. The third-order valence-corrected chi connectivity index (χ3v) is 2.74. The zero-order valence-electron chi connectivity index (χ0n) is 10.5. The predicted molar refractivity (Wildman–Crippen MR) is 58.2 cm³/mol. The summed E-state index contributed by atoms with van der Waals surface area (Å²) < 4.78 is 14.9. The van der Waals surface area contributed by atoms with Gasteiger partial charge in [0.05, 0.1) is 6.10 Å². The Morgan fingerprint density at radius 3 is 2.28 bits per heavy atom. The number of carbonyl (C=O) groups excluding carboxylic acids is 2. The highest BCUT2D eigenvalue weighted by atomic mass is 16.7. The number of aliphatic hydroxyl groups is 2. The molecule has 1 heterocycles. The van der Waals surface area contributed by atoms with Crippen LogP contribution in [0, 0.1) is 5.92 Å². The zero-order valence-corrected chi connectivity index (χ0v) is 10.5. The average Bonchev–Trinajstić information content (AvgIpc) is 2.27. The molecule has 7 nitrogen and oxygen atoms in total. The first-order valence-corrected chi connectivity index (χ1v) is 5.65. The maximum absolute atomic E-state index is 10.9. The quantitative estimate of drug-likeness (QED) is 0.641. The van der Waals surface area contributed by atoms with Crippen LogP contribution in [0.3, 0.4) is 0 Å². The van der Waals surface area contributed by atoms with Gasteiger partial charge in [0.2, 0.25) is 6.29 Å². The molecule has 0 aromatic rings. The lowest BCUT2D eigenvalue weighted by molar-refractivity contribution is -0.274. The fourth-order valence-corrected chi connectivity index (χ4v) is 1.70. The van der Waals surface area contributed by atoms with E-state index >= 15 is 0 Å².